The van der Waals surface area contributed by atoms with Gasteiger partial charge < -0.3 is 14.6 Å². The highest BCUT2D eigenvalue weighted by atomic mass is 16.7. The lowest BCUT2D eigenvalue weighted by molar-refractivity contribution is -0.126. The van der Waals surface area contributed by atoms with E-state index in [9.17, 15) is 14.7 Å². The van der Waals surface area contributed by atoms with Crippen LogP contribution in [0.1, 0.15) is 11.6 Å². The Kier molecular flexibility index (Phi) is 5.14. The van der Waals surface area contributed by atoms with Crippen LogP contribution in [0.25, 0.3) is 0 Å². The van der Waals surface area contributed by atoms with Gasteiger partial charge in [0.1, 0.15) is 23.2 Å². The molecule has 0 saturated carbocycles. The first-order valence-electron chi connectivity index (χ1n) is 10.4. The third-order valence-electron chi connectivity index (χ3n) is 5.99. The van der Waals surface area contributed by atoms with Crippen LogP contribution in [-0.4, -0.2) is 37.2 Å². The fourth-order valence-electron chi connectivity index (χ4n) is 4.43. The minimum absolute atomic E-state index is 0.110. The molecule has 2 aliphatic rings. The summed E-state index contributed by atoms with van der Waals surface area (Å²) in [6, 6.07) is 20.2. The Morgan fingerprint density at radius 3 is 2.27 bits per heavy atom. The number of carbonyl (C=O) groups excluding carboxylic acids is 2. The molecule has 5 rings (SSSR count). The number of anilines is 2. The minimum Gasteiger partial charge on any atom is -0.508 e. The Morgan fingerprint density at radius 1 is 0.879 bits per heavy atom. The molecule has 3 atom stereocenters. The topological polar surface area (TPSA) is 88.5 Å². The van der Waals surface area contributed by atoms with Gasteiger partial charge in [0.2, 0.25) is 5.91 Å². The number of phenolic OH excluding ortho intramolecular Hbond substituents is 1. The van der Waals surface area contributed by atoms with Crippen molar-refractivity contribution in [1.82, 2.24) is 0 Å². The molecule has 8 nitrogen and oxygen atoms in total. The Bertz CT molecular complexity index is 1200. The lowest BCUT2D eigenvalue weighted by Crippen LogP contribution is -2.37. The number of aromatic hydroxyl groups is 1. The third kappa shape index (κ3) is 3.35. The van der Waals surface area contributed by atoms with Gasteiger partial charge in [0.05, 0.1) is 31.6 Å². The van der Waals surface area contributed by atoms with Gasteiger partial charge in [-0.3, -0.25) is 14.4 Å². The fraction of sp³-hybridized carbons (Fsp3) is 0.200. The number of para-hydroxylation sites is 1. The highest BCUT2D eigenvalue weighted by Gasteiger charge is 2.60. The van der Waals surface area contributed by atoms with Crippen LogP contribution in [0.3, 0.4) is 0 Å². The number of ether oxygens (including phenoxy) is 2. The zero-order valence-corrected chi connectivity index (χ0v) is 18.0. The molecule has 0 spiro atoms. The van der Waals surface area contributed by atoms with Gasteiger partial charge in [-0.2, -0.15) is 0 Å². The minimum atomic E-state index is -0.997. The molecule has 2 saturated heterocycles. The Morgan fingerprint density at radius 2 is 1.61 bits per heavy atom. The average molecular weight is 446 g/mol. The molecule has 0 aromatic heterocycles. The number of methoxy groups -OCH3 is 2. The molecule has 2 fully saturated rings. The van der Waals surface area contributed by atoms with Gasteiger partial charge >= 0.3 is 0 Å². The summed E-state index contributed by atoms with van der Waals surface area (Å²) in [4.78, 5) is 34.4. The molecule has 2 amide bonds. The van der Waals surface area contributed by atoms with Crippen molar-refractivity contribution in [2.24, 2.45) is 5.92 Å². The second-order valence-electron chi connectivity index (χ2n) is 7.80. The largest absolute Gasteiger partial charge is 0.508 e. The van der Waals surface area contributed by atoms with E-state index in [4.69, 9.17) is 14.3 Å². The number of hydrogen-bond acceptors (Lipinski definition) is 7. The smallest absolute Gasteiger partial charge is 0.266 e. The van der Waals surface area contributed by atoms with Crippen molar-refractivity contribution < 1.29 is 29.0 Å². The van der Waals surface area contributed by atoms with Crippen LogP contribution in [0.2, 0.25) is 0 Å². The monoisotopic (exact) mass is 446 g/mol. The van der Waals surface area contributed by atoms with Crippen LogP contribution in [0.5, 0.6) is 17.2 Å². The van der Waals surface area contributed by atoms with Crippen molar-refractivity contribution in [1.29, 1.82) is 0 Å². The molecule has 1 N–H and O–H groups in total. The number of carbonyl (C=O) groups is 2. The van der Waals surface area contributed by atoms with Crippen LogP contribution in [0, 0.1) is 5.92 Å². The van der Waals surface area contributed by atoms with E-state index < -0.39 is 24.0 Å². The quantitative estimate of drug-likeness (QED) is 0.601. The van der Waals surface area contributed by atoms with Gasteiger partial charge in [0.15, 0.2) is 6.10 Å². The van der Waals surface area contributed by atoms with Gasteiger partial charge in [-0.05, 0) is 42.0 Å². The number of fused-ring (bicyclic) bond motifs is 1. The number of amides is 2. The van der Waals surface area contributed by atoms with Crippen molar-refractivity contribution in [3.63, 3.8) is 0 Å². The lowest BCUT2D eigenvalue weighted by atomic mass is 9.90. The summed E-state index contributed by atoms with van der Waals surface area (Å²) in [5, 5.41) is 11.4. The van der Waals surface area contributed by atoms with Gasteiger partial charge in [0, 0.05) is 6.07 Å². The number of hydrogen-bond donors (Lipinski definition) is 1. The summed E-state index contributed by atoms with van der Waals surface area (Å²) >= 11 is 0. The molecule has 8 heteroatoms. The predicted molar refractivity (Wildman–Crippen MR) is 120 cm³/mol. The Hall–Kier alpha value is -4.04. The van der Waals surface area contributed by atoms with Crippen LogP contribution in [0.4, 0.5) is 11.4 Å². The molecule has 0 unspecified atom stereocenters. The second-order valence-corrected chi connectivity index (χ2v) is 7.80. The van der Waals surface area contributed by atoms with Crippen molar-refractivity contribution >= 4 is 23.2 Å². The van der Waals surface area contributed by atoms with Crippen LogP contribution < -0.4 is 19.4 Å². The Balaban J connectivity index is 1.58. The van der Waals surface area contributed by atoms with Crippen molar-refractivity contribution in [2.45, 2.75) is 12.1 Å². The molecule has 0 aliphatic carbocycles. The zero-order valence-electron chi connectivity index (χ0n) is 18.0. The standard InChI is InChI=1S/C25H22N2O6/c1-31-18-12-13-19(20(14-18)32-2)26-24(29)21-22(15-8-10-17(28)11-9-15)27(33-23(21)25(26)30)16-6-4-3-5-7-16/h3-14,21-23,28H,1-2H3/t21-,22+,23+/m1/s1. The van der Waals surface area contributed by atoms with E-state index in [1.54, 1.807) is 47.5 Å². The number of rotatable bonds is 5. The maximum absolute atomic E-state index is 13.7. The number of phenols is 1. The van der Waals surface area contributed by atoms with Gasteiger partial charge in [-0.25, -0.2) is 9.96 Å². The molecular weight excluding hydrogens is 424 g/mol. The molecule has 2 aliphatic heterocycles. The van der Waals surface area contributed by atoms with Crippen molar-refractivity contribution in [3.8, 4) is 17.2 Å². The molecule has 33 heavy (non-hydrogen) atoms. The van der Waals surface area contributed by atoms with E-state index >= 15 is 0 Å². The van der Waals surface area contributed by atoms with Crippen molar-refractivity contribution in [3.05, 3.63) is 78.4 Å². The summed E-state index contributed by atoms with van der Waals surface area (Å²) < 4.78 is 10.7. The van der Waals surface area contributed by atoms with Crippen LogP contribution in [-0.2, 0) is 14.4 Å². The highest BCUT2D eigenvalue weighted by molar-refractivity contribution is 6.24. The lowest BCUT2D eigenvalue weighted by Gasteiger charge is -2.29. The molecule has 3 aromatic carbocycles. The van der Waals surface area contributed by atoms with E-state index in [2.05, 4.69) is 0 Å². The SMILES string of the molecule is COc1ccc(N2C(=O)[C@H]3[C@H](ON(c4ccccc4)[C@H]3c3ccc(O)cc3)C2=O)c(OC)c1. The normalized spacial score (nSPS) is 21.9. The van der Waals surface area contributed by atoms with Gasteiger partial charge in [-0.1, -0.05) is 30.3 Å². The van der Waals surface area contributed by atoms with Crippen LogP contribution in [0.15, 0.2) is 72.8 Å². The van der Waals surface area contributed by atoms with Gasteiger partial charge in [-0.15, -0.1) is 0 Å². The van der Waals surface area contributed by atoms with E-state index in [1.807, 2.05) is 30.3 Å². The summed E-state index contributed by atoms with van der Waals surface area (Å²) in [6.07, 6.45) is -0.997. The molecule has 2 heterocycles. The molecule has 168 valence electrons. The number of imide groups is 1. The molecule has 3 aromatic rings. The number of hydroxylamine groups is 1. The summed E-state index contributed by atoms with van der Waals surface area (Å²) in [5.41, 5.74) is 1.80. The van der Waals surface area contributed by atoms with E-state index in [0.717, 1.165) is 16.2 Å². The maximum atomic E-state index is 13.7. The first kappa shape index (κ1) is 20.8. The summed E-state index contributed by atoms with van der Waals surface area (Å²) in [7, 11) is 3.00. The van der Waals surface area contributed by atoms with Gasteiger partial charge in [0.25, 0.3) is 5.91 Å². The second kappa shape index (κ2) is 8.14. The molecule has 0 bridgehead atoms. The van der Waals surface area contributed by atoms with Crippen LogP contribution >= 0.6 is 0 Å². The zero-order chi connectivity index (χ0) is 23.1. The fourth-order valence-corrected chi connectivity index (χ4v) is 4.43. The number of benzene rings is 3. The molecule has 0 radical (unpaired) electrons. The average Bonchev–Trinajstić information content (AvgIpc) is 3.35. The first-order valence-corrected chi connectivity index (χ1v) is 10.4. The Labute approximate surface area is 190 Å². The van der Waals surface area contributed by atoms with E-state index in [0.29, 0.717) is 17.2 Å². The molecular formula is C25H22N2O6. The third-order valence-corrected chi connectivity index (χ3v) is 5.99. The summed E-state index contributed by atoms with van der Waals surface area (Å²) in [6.45, 7) is 0. The first-order chi connectivity index (χ1) is 16.0. The van der Waals surface area contributed by atoms with Crippen molar-refractivity contribution in [2.75, 3.05) is 24.2 Å². The highest BCUT2D eigenvalue weighted by Crippen LogP contribution is 2.49. The summed E-state index contributed by atoms with van der Waals surface area (Å²) in [5.74, 6) is -0.630. The van der Waals surface area contributed by atoms with E-state index in [1.165, 1.54) is 14.2 Å². The number of nitrogens with zero attached hydrogens (tertiary/aromatic N) is 2. The van der Waals surface area contributed by atoms with E-state index in [-0.39, 0.29) is 11.7 Å². The predicted octanol–water partition coefficient (Wildman–Crippen LogP) is 3.46. The maximum Gasteiger partial charge on any atom is 0.266 e.